The van der Waals surface area contributed by atoms with E-state index in [4.69, 9.17) is 0 Å². The van der Waals surface area contributed by atoms with Crippen molar-refractivity contribution < 1.29 is 0 Å². The van der Waals surface area contributed by atoms with Gasteiger partial charge >= 0.3 is 0 Å². The fourth-order valence-corrected chi connectivity index (χ4v) is 3.56. The Morgan fingerprint density at radius 1 is 1.27 bits per heavy atom. The Kier molecular flexibility index (Phi) is 4.32. The molecule has 2 aromatic rings. The SMILES string of the molecule is CCC(C)C1CCC(Nc2c(C)c(C)nc3ncnn23)CC1. The molecule has 0 saturated heterocycles. The molecule has 2 heterocycles. The van der Waals surface area contributed by atoms with E-state index in [9.17, 15) is 0 Å². The van der Waals surface area contributed by atoms with Crippen molar-refractivity contribution in [3.63, 3.8) is 0 Å². The van der Waals surface area contributed by atoms with Crippen molar-refractivity contribution in [3.8, 4) is 0 Å². The minimum absolute atomic E-state index is 0.535. The predicted octanol–water partition coefficient (Wildman–Crippen LogP) is 3.76. The summed E-state index contributed by atoms with van der Waals surface area (Å²) in [5.41, 5.74) is 2.19. The van der Waals surface area contributed by atoms with Gasteiger partial charge in [0, 0.05) is 17.3 Å². The molecule has 22 heavy (non-hydrogen) atoms. The van der Waals surface area contributed by atoms with Gasteiger partial charge in [-0.15, -0.1) is 0 Å². The van der Waals surface area contributed by atoms with Crippen LogP contribution >= 0.6 is 0 Å². The van der Waals surface area contributed by atoms with Gasteiger partial charge in [-0.25, -0.2) is 4.98 Å². The molecule has 1 aliphatic carbocycles. The summed E-state index contributed by atoms with van der Waals surface area (Å²) >= 11 is 0. The molecule has 3 rings (SSSR count). The van der Waals surface area contributed by atoms with Gasteiger partial charge in [-0.2, -0.15) is 14.6 Å². The molecule has 0 spiro atoms. The van der Waals surface area contributed by atoms with Crippen LogP contribution in [0, 0.1) is 25.7 Å². The normalized spacial score (nSPS) is 23.6. The van der Waals surface area contributed by atoms with Crippen molar-refractivity contribution in [1.29, 1.82) is 0 Å². The first-order valence-corrected chi connectivity index (χ1v) is 8.53. The van der Waals surface area contributed by atoms with Crippen LogP contribution in [0.3, 0.4) is 0 Å². The fraction of sp³-hybridized carbons (Fsp3) is 0.706. The third-order valence-corrected chi connectivity index (χ3v) is 5.47. The fourth-order valence-electron chi connectivity index (χ4n) is 3.56. The minimum Gasteiger partial charge on any atom is -0.367 e. The number of hydrogen-bond donors (Lipinski definition) is 1. The average molecular weight is 301 g/mol. The average Bonchev–Trinajstić information content (AvgIpc) is 2.99. The lowest BCUT2D eigenvalue weighted by Crippen LogP contribution is -2.29. The van der Waals surface area contributed by atoms with Crippen LogP contribution in [0.2, 0.25) is 0 Å². The van der Waals surface area contributed by atoms with Crippen molar-refractivity contribution in [2.24, 2.45) is 11.8 Å². The molecule has 120 valence electrons. The van der Waals surface area contributed by atoms with E-state index in [0.717, 1.165) is 23.3 Å². The first kappa shape index (κ1) is 15.3. The number of hydrogen-bond acceptors (Lipinski definition) is 4. The predicted molar refractivity (Wildman–Crippen MR) is 89.1 cm³/mol. The van der Waals surface area contributed by atoms with Crippen LogP contribution in [-0.2, 0) is 0 Å². The van der Waals surface area contributed by atoms with Gasteiger partial charge in [0.1, 0.15) is 12.1 Å². The number of anilines is 1. The largest absolute Gasteiger partial charge is 0.367 e. The van der Waals surface area contributed by atoms with Crippen LogP contribution in [0.5, 0.6) is 0 Å². The Balaban J connectivity index is 1.75. The van der Waals surface area contributed by atoms with Gasteiger partial charge in [-0.3, -0.25) is 0 Å². The highest BCUT2D eigenvalue weighted by Gasteiger charge is 2.25. The Labute approximate surface area is 132 Å². The molecule has 0 radical (unpaired) electrons. The van der Waals surface area contributed by atoms with E-state index in [-0.39, 0.29) is 0 Å². The molecular weight excluding hydrogens is 274 g/mol. The molecule has 1 aliphatic rings. The monoisotopic (exact) mass is 301 g/mol. The minimum atomic E-state index is 0.535. The molecule has 0 aromatic carbocycles. The van der Waals surface area contributed by atoms with E-state index >= 15 is 0 Å². The van der Waals surface area contributed by atoms with E-state index in [2.05, 4.69) is 41.2 Å². The lowest BCUT2D eigenvalue weighted by molar-refractivity contribution is 0.247. The Hall–Kier alpha value is -1.65. The van der Waals surface area contributed by atoms with Gasteiger partial charge in [-0.1, -0.05) is 20.3 Å². The van der Waals surface area contributed by atoms with Crippen LogP contribution in [0.25, 0.3) is 5.78 Å². The number of rotatable bonds is 4. The third-order valence-electron chi connectivity index (χ3n) is 5.47. The quantitative estimate of drug-likeness (QED) is 0.934. The van der Waals surface area contributed by atoms with Gasteiger partial charge in [0.05, 0.1) is 0 Å². The molecular formula is C17H27N5. The summed E-state index contributed by atoms with van der Waals surface area (Å²) in [5, 5.41) is 8.04. The molecule has 0 bridgehead atoms. The van der Waals surface area contributed by atoms with E-state index in [1.54, 1.807) is 6.33 Å². The number of aromatic nitrogens is 4. The van der Waals surface area contributed by atoms with Gasteiger partial charge in [0.25, 0.3) is 5.78 Å². The second-order valence-electron chi connectivity index (χ2n) is 6.78. The second kappa shape index (κ2) is 6.23. The maximum atomic E-state index is 4.48. The smallest absolute Gasteiger partial charge is 0.254 e. The van der Waals surface area contributed by atoms with Gasteiger partial charge in [0.2, 0.25) is 0 Å². The molecule has 1 N–H and O–H groups in total. The standard InChI is InChI=1S/C17H27N5/c1-5-11(2)14-6-8-15(9-7-14)21-16-12(3)13(4)20-17-18-10-19-22(16)17/h10-11,14-15,21H,5-9H2,1-4H3. The molecule has 1 unspecified atom stereocenters. The van der Waals surface area contributed by atoms with Crippen LogP contribution in [0.1, 0.15) is 57.2 Å². The summed E-state index contributed by atoms with van der Waals surface area (Å²) < 4.78 is 1.84. The number of nitrogens with zero attached hydrogens (tertiary/aromatic N) is 4. The van der Waals surface area contributed by atoms with Crippen molar-refractivity contribution in [1.82, 2.24) is 19.6 Å². The zero-order valence-corrected chi connectivity index (χ0v) is 14.1. The molecule has 1 fully saturated rings. The van der Waals surface area contributed by atoms with Crippen LogP contribution in [-0.4, -0.2) is 25.6 Å². The molecule has 5 heteroatoms. The summed E-state index contributed by atoms with van der Waals surface area (Å²) in [6.45, 7) is 8.85. The number of aryl methyl sites for hydroxylation is 1. The van der Waals surface area contributed by atoms with Gasteiger partial charge in [0.15, 0.2) is 0 Å². The zero-order chi connectivity index (χ0) is 15.7. The molecule has 0 aliphatic heterocycles. The van der Waals surface area contributed by atoms with Crippen molar-refractivity contribution >= 4 is 11.6 Å². The van der Waals surface area contributed by atoms with Gasteiger partial charge in [-0.05, 0) is 51.4 Å². The summed E-state index contributed by atoms with van der Waals surface area (Å²) in [5.74, 6) is 3.49. The third kappa shape index (κ3) is 2.81. The Bertz CT molecular complexity index is 640. The first-order valence-electron chi connectivity index (χ1n) is 8.53. The topological polar surface area (TPSA) is 55.1 Å². The zero-order valence-electron chi connectivity index (χ0n) is 14.1. The molecule has 2 aromatic heterocycles. The number of fused-ring (bicyclic) bond motifs is 1. The molecule has 5 nitrogen and oxygen atoms in total. The second-order valence-corrected chi connectivity index (χ2v) is 6.78. The lowest BCUT2D eigenvalue weighted by atomic mass is 9.78. The first-order chi connectivity index (χ1) is 10.6. The highest BCUT2D eigenvalue weighted by atomic mass is 15.4. The highest BCUT2D eigenvalue weighted by Crippen LogP contribution is 2.33. The molecule has 0 amide bonds. The van der Waals surface area contributed by atoms with Crippen LogP contribution in [0.4, 0.5) is 5.82 Å². The van der Waals surface area contributed by atoms with Crippen molar-refractivity contribution in [3.05, 3.63) is 17.6 Å². The number of nitrogens with one attached hydrogen (secondary N) is 1. The summed E-state index contributed by atoms with van der Waals surface area (Å²) in [4.78, 5) is 8.71. The van der Waals surface area contributed by atoms with Crippen LogP contribution in [0.15, 0.2) is 6.33 Å². The van der Waals surface area contributed by atoms with Crippen molar-refractivity contribution in [2.45, 2.75) is 65.8 Å². The van der Waals surface area contributed by atoms with E-state index in [1.165, 1.54) is 37.7 Å². The highest BCUT2D eigenvalue weighted by molar-refractivity contribution is 5.52. The van der Waals surface area contributed by atoms with Crippen LogP contribution < -0.4 is 5.32 Å². The summed E-state index contributed by atoms with van der Waals surface area (Å²) in [6.07, 6.45) is 8.02. The maximum absolute atomic E-state index is 4.48. The van der Waals surface area contributed by atoms with E-state index in [1.807, 2.05) is 11.4 Å². The Morgan fingerprint density at radius 2 is 2.00 bits per heavy atom. The lowest BCUT2D eigenvalue weighted by Gasteiger charge is -2.33. The van der Waals surface area contributed by atoms with E-state index in [0.29, 0.717) is 11.8 Å². The molecule has 1 saturated carbocycles. The molecule has 1 atom stereocenters. The summed E-state index contributed by atoms with van der Waals surface area (Å²) in [6, 6.07) is 0.535. The van der Waals surface area contributed by atoms with E-state index < -0.39 is 0 Å². The van der Waals surface area contributed by atoms with Gasteiger partial charge < -0.3 is 5.32 Å². The summed E-state index contributed by atoms with van der Waals surface area (Å²) in [7, 11) is 0. The van der Waals surface area contributed by atoms with Crippen molar-refractivity contribution in [2.75, 3.05) is 5.32 Å². The maximum Gasteiger partial charge on any atom is 0.254 e. The Morgan fingerprint density at radius 3 is 2.68 bits per heavy atom.